The Hall–Kier alpha value is -0.870. The first kappa shape index (κ1) is 13.1. The zero-order valence-electron chi connectivity index (χ0n) is 10.9. The second kappa shape index (κ2) is 5.25. The Labute approximate surface area is 122 Å². The number of nitrogens with one attached hydrogen (secondary N) is 2. The zero-order chi connectivity index (χ0) is 13.3. The lowest BCUT2D eigenvalue weighted by Crippen LogP contribution is -2.48. The topological polar surface area (TPSA) is 41.1 Å². The molecule has 1 aromatic rings. The summed E-state index contributed by atoms with van der Waals surface area (Å²) in [6, 6.07) is 8.47. The van der Waals surface area contributed by atoms with Crippen LogP contribution >= 0.6 is 15.9 Å². The van der Waals surface area contributed by atoms with Crippen LogP contribution in [0.1, 0.15) is 31.2 Å². The molecule has 1 atom stereocenters. The van der Waals surface area contributed by atoms with Gasteiger partial charge in [-0.2, -0.15) is 0 Å². The van der Waals surface area contributed by atoms with Gasteiger partial charge in [-0.15, -0.1) is 0 Å². The van der Waals surface area contributed by atoms with Crippen molar-refractivity contribution in [3.8, 4) is 0 Å². The summed E-state index contributed by atoms with van der Waals surface area (Å²) in [7, 11) is 0. The highest BCUT2D eigenvalue weighted by atomic mass is 79.9. The molecule has 1 heterocycles. The second-order valence-electron chi connectivity index (χ2n) is 5.61. The number of benzene rings is 1. The van der Waals surface area contributed by atoms with E-state index in [4.69, 9.17) is 0 Å². The van der Waals surface area contributed by atoms with Crippen molar-refractivity contribution >= 4 is 21.8 Å². The molecule has 0 unspecified atom stereocenters. The molecule has 19 heavy (non-hydrogen) atoms. The Balaban J connectivity index is 1.70. The van der Waals surface area contributed by atoms with Crippen LogP contribution < -0.4 is 10.6 Å². The summed E-state index contributed by atoms with van der Waals surface area (Å²) in [6.45, 7) is 1.98. The third-order valence-corrected chi connectivity index (χ3v) is 4.74. The molecule has 1 saturated carbocycles. The molecule has 102 valence electrons. The predicted molar refractivity (Wildman–Crippen MR) is 79.1 cm³/mol. The van der Waals surface area contributed by atoms with E-state index >= 15 is 0 Å². The van der Waals surface area contributed by atoms with E-state index in [0.29, 0.717) is 6.04 Å². The maximum absolute atomic E-state index is 12.5. The van der Waals surface area contributed by atoms with Crippen LogP contribution in [0.5, 0.6) is 0 Å². The van der Waals surface area contributed by atoms with E-state index in [1.54, 1.807) is 0 Å². The summed E-state index contributed by atoms with van der Waals surface area (Å²) in [5, 5.41) is 6.56. The van der Waals surface area contributed by atoms with Gasteiger partial charge in [-0.1, -0.05) is 28.1 Å². The molecule has 0 spiro atoms. The van der Waals surface area contributed by atoms with Crippen molar-refractivity contribution in [2.75, 3.05) is 13.1 Å². The van der Waals surface area contributed by atoms with E-state index in [2.05, 4.69) is 38.7 Å². The molecule has 1 aliphatic carbocycles. The lowest BCUT2D eigenvalue weighted by molar-refractivity contribution is -0.124. The maximum Gasteiger partial charge on any atom is 0.230 e. The van der Waals surface area contributed by atoms with E-state index in [9.17, 15) is 4.79 Å². The van der Waals surface area contributed by atoms with Crippen LogP contribution in [0.25, 0.3) is 0 Å². The molecule has 0 aromatic heterocycles. The molecule has 3 rings (SSSR count). The van der Waals surface area contributed by atoms with Crippen LogP contribution in [0.2, 0.25) is 0 Å². The highest BCUT2D eigenvalue weighted by Gasteiger charge is 2.51. The molecule has 1 aliphatic heterocycles. The van der Waals surface area contributed by atoms with Crippen LogP contribution in [0.4, 0.5) is 0 Å². The van der Waals surface area contributed by atoms with E-state index in [-0.39, 0.29) is 11.3 Å². The molecule has 0 radical (unpaired) electrons. The molecule has 2 aliphatic rings. The molecule has 1 amide bonds. The first-order valence-electron chi connectivity index (χ1n) is 6.98. The molecule has 0 bridgehead atoms. The number of hydrogen-bond donors (Lipinski definition) is 2. The van der Waals surface area contributed by atoms with Crippen molar-refractivity contribution in [2.24, 2.45) is 0 Å². The highest BCUT2D eigenvalue weighted by Crippen LogP contribution is 2.48. The summed E-state index contributed by atoms with van der Waals surface area (Å²) in [6.07, 6.45) is 4.19. The minimum Gasteiger partial charge on any atom is -0.351 e. The Bertz CT molecular complexity index is 462. The minimum atomic E-state index is -0.252. The number of carbonyl (C=O) groups is 1. The molecule has 2 N–H and O–H groups in total. The van der Waals surface area contributed by atoms with Crippen molar-refractivity contribution in [2.45, 2.75) is 37.1 Å². The van der Waals surface area contributed by atoms with Crippen molar-refractivity contribution < 1.29 is 4.79 Å². The monoisotopic (exact) mass is 322 g/mol. The SMILES string of the molecule is O=C(N[C@H]1CCCNC1)C1(c2ccc(Br)cc2)CC1. The van der Waals surface area contributed by atoms with Gasteiger partial charge in [0, 0.05) is 17.1 Å². The number of hydrogen-bond acceptors (Lipinski definition) is 2. The minimum absolute atomic E-state index is 0.212. The molecule has 1 saturated heterocycles. The van der Waals surface area contributed by atoms with Gasteiger partial charge in [0.1, 0.15) is 0 Å². The lowest BCUT2D eigenvalue weighted by atomic mass is 9.94. The second-order valence-corrected chi connectivity index (χ2v) is 6.52. The number of rotatable bonds is 3. The largest absolute Gasteiger partial charge is 0.351 e. The van der Waals surface area contributed by atoms with E-state index in [0.717, 1.165) is 48.8 Å². The van der Waals surface area contributed by atoms with Gasteiger partial charge in [0.05, 0.1) is 5.41 Å². The first-order valence-corrected chi connectivity index (χ1v) is 7.78. The van der Waals surface area contributed by atoms with Gasteiger partial charge in [0.15, 0.2) is 0 Å². The Morgan fingerprint density at radius 3 is 2.63 bits per heavy atom. The van der Waals surface area contributed by atoms with Crippen molar-refractivity contribution in [3.63, 3.8) is 0 Å². The lowest BCUT2D eigenvalue weighted by Gasteiger charge is -2.26. The molecular formula is C15H19BrN2O. The van der Waals surface area contributed by atoms with Gasteiger partial charge in [-0.3, -0.25) is 4.79 Å². The average Bonchev–Trinajstić information content (AvgIpc) is 3.22. The quantitative estimate of drug-likeness (QED) is 0.896. The maximum atomic E-state index is 12.5. The van der Waals surface area contributed by atoms with Gasteiger partial charge in [0.2, 0.25) is 5.91 Å². The number of halogens is 1. The number of amides is 1. The van der Waals surface area contributed by atoms with Gasteiger partial charge in [-0.25, -0.2) is 0 Å². The number of piperidine rings is 1. The average molecular weight is 323 g/mol. The predicted octanol–water partition coefficient (Wildman–Crippen LogP) is 2.35. The smallest absolute Gasteiger partial charge is 0.230 e. The van der Waals surface area contributed by atoms with Crippen molar-refractivity contribution in [1.29, 1.82) is 0 Å². The van der Waals surface area contributed by atoms with Crippen molar-refractivity contribution in [1.82, 2.24) is 10.6 Å². The highest BCUT2D eigenvalue weighted by molar-refractivity contribution is 9.10. The third-order valence-electron chi connectivity index (χ3n) is 4.21. The summed E-state index contributed by atoms with van der Waals surface area (Å²) in [4.78, 5) is 12.5. The number of carbonyl (C=O) groups excluding carboxylic acids is 1. The summed E-state index contributed by atoms with van der Waals surface area (Å²) < 4.78 is 1.06. The van der Waals surface area contributed by atoms with Crippen LogP contribution in [0, 0.1) is 0 Å². The normalized spacial score (nSPS) is 24.8. The van der Waals surface area contributed by atoms with E-state index in [1.807, 2.05) is 12.1 Å². The van der Waals surface area contributed by atoms with Crippen LogP contribution in [0.3, 0.4) is 0 Å². The van der Waals surface area contributed by atoms with E-state index < -0.39 is 0 Å². The van der Waals surface area contributed by atoms with Gasteiger partial charge >= 0.3 is 0 Å². The molecule has 2 fully saturated rings. The van der Waals surface area contributed by atoms with Crippen LogP contribution in [-0.4, -0.2) is 25.0 Å². The Kier molecular flexibility index (Phi) is 3.63. The summed E-state index contributed by atoms with van der Waals surface area (Å²) >= 11 is 3.44. The zero-order valence-corrected chi connectivity index (χ0v) is 12.5. The molecule has 3 nitrogen and oxygen atoms in total. The van der Waals surface area contributed by atoms with E-state index in [1.165, 1.54) is 0 Å². The van der Waals surface area contributed by atoms with Gasteiger partial charge in [-0.05, 0) is 49.9 Å². The fourth-order valence-corrected chi connectivity index (χ4v) is 3.10. The van der Waals surface area contributed by atoms with Crippen molar-refractivity contribution in [3.05, 3.63) is 34.3 Å². The Morgan fingerprint density at radius 1 is 1.32 bits per heavy atom. The van der Waals surface area contributed by atoms with Gasteiger partial charge < -0.3 is 10.6 Å². The first-order chi connectivity index (χ1) is 9.21. The molecule has 1 aromatic carbocycles. The Morgan fingerprint density at radius 2 is 2.05 bits per heavy atom. The fourth-order valence-electron chi connectivity index (χ4n) is 2.84. The molecule has 4 heteroatoms. The third kappa shape index (κ3) is 2.70. The fraction of sp³-hybridized carbons (Fsp3) is 0.533. The molecular weight excluding hydrogens is 304 g/mol. The van der Waals surface area contributed by atoms with Crippen LogP contribution in [0.15, 0.2) is 28.7 Å². The summed E-state index contributed by atoms with van der Waals surface area (Å²) in [5.74, 6) is 0.212. The summed E-state index contributed by atoms with van der Waals surface area (Å²) in [5.41, 5.74) is 0.898. The standard InChI is InChI=1S/C15H19BrN2O/c16-12-5-3-11(4-6-12)15(7-8-15)14(19)18-13-2-1-9-17-10-13/h3-6,13,17H,1-2,7-10H2,(H,18,19)/t13-/m0/s1. The van der Waals surface area contributed by atoms with Crippen LogP contribution in [-0.2, 0) is 10.2 Å². The van der Waals surface area contributed by atoms with Gasteiger partial charge in [0.25, 0.3) is 0 Å².